The molecule has 0 bridgehead atoms. The second kappa shape index (κ2) is 3.26. The predicted octanol–water partition coefficient (Wildman–Crippen LogP) is 1.51. The number of carbonyl (C=O) groups excluding carboxylic acids is 1. The van der Waals surface area contributed by atoms with Crippen molar-refractivity contribution in [2.24, 2.45) is 0 Å². The van der Waals surface area contributed by atoms with Crippen LogP contribution in [-0.2, 0) is 9.53 Å². The van der Waals surface area contributed by atoms with Crippen LogP contribution in [0.25, 0.3) is 0 Å². The van der Waals surface area contributed by atoms with Crippen LogP contribution in [-0.4, -0.2) is 19.0 Å². The molecule has 2 nitrogen and oxygen atoms in total. The molecular weight excluding hydrogens is 171 g/mol. The van der Waals surface area contributed by atoms with Gasteiger partial charge in [0.05, 0.1) is 12.5 Å². The lowest BCUT2D eigenvalue weighted by Gasteiger charge is -2.06. The van der Waals surface area contributed by atoms with Crippen molar-refractivity contribution in [3.05, 3.63) is 35.6 Å². The van der Waals surface area contributed by atoms with Crippen molar-refractivity contribution in [3.63, 3.8) is 0 Å². The van der Waals surface area contributed by atoms with Gasteiger partial charge in [-0.15, -0.1) is 0 Å². The zero-order valence-corrected chi connectivity index (χ0v) is 7.00. The Morgan fingerprint density at radius 3 is 2.77 bits per heavy atom. The molecule has 1 fully saturated rings. The summed E-state index contributed by atoms with van der Waals surface area (Å²) in [5, 5.41) is 0. The maximum atomic E-state index is 13.2. The molecule has 0 spiro atoms. The van der Waals surface area contributed by atoms with Crippen molar-refractivity contribution >= 4 is 5.78 Å². The van der Waals surface area contributed by atoms with Crippen molar-refractivity contribution in [3.8, 4) is 0 Å². The van der Waals surface area contributed by atoms with Gasteiger partial charge in [-0.25, -0.2) is 4.39 Å². The molecule has 1 saturated heterocycles. The standard InChI is InChI=1S/C10H9FO2/c11-9-4-2-1-3-7(9)8-5-13-6-10(8)12/h1-4,8H,5-6H2/t8-/m1/s1. The number of carbonyl (C=O) groups is 1. The first-order valence-electron chi connectivity index (χ1n) is 4.14. The van der Waals surface area contributed by atoms with Crippen LogP contribution >= 0.6 is 0 Å². The van der Waals surface area contributed by atoms with Crippen LogP contribution in [0.15, 0.2) is 24.3 Å². The molecular formula is C10H9FO2. The highest BCUT2D eigenvalue weighted by atomic mass is 19.1. The van der Waals surface area contributed by atoms with Crippen LogP contribution in [0.4, 0.5) is 4.39 Å². The zero-order valence-electron chi connectivity index (χ0n) is 7.00. The normalized spacial score (nSPS) is 22.2. The molecule has 0 N–H and O–H groups in total. The maximum Gasteiger partial charge on any atom is 0.168 e. The Kier molecular flexibility index (Phi) is 2.10. The van der Waals surface area contributed by atoms with Gasteiger partial charge in [0.15, 0.2) is 5.78 Å². The number of ether oxygens (including phenoxy) is 1. The highest BCUT2D eigenvalue weighted by Crippen LogP contribution is 2.24. The molecule has 1 aromatic rings. The fourth-order valence-corrected chi connectivity index (χ4v) is 1.49. The molecule has 1 aliphatic rings. The molecule has 0 radical (unpaired) electrons. The third kappa shape index (κ3) is 1.47. The lowest BCUT2D eigenvalue weighted by molar-refractivity contribution is -0.118. The number of rotatable bonds is 1. The van der Waals surface area contributed by atoms with E-state index in [0.29, 0.717) is 12.2 Å². The van der Waals surface area contributed by atoms with Gasteiger partial charge in [0, 0.05) is 5.56 Å². The van der Waals surface area contributed by atoms with E-state index in [1.54, 1.807) is 18.2 Å². The summed E-state index contributed by atoms with van der Waals surface area (Å²) in [6.07, 6.45) is 0. The first-order chi connectivity index (χ1) is 6.29. The second-order valence-corrected chi connectivity index (χ2v) is 3.06. The SMILES string of the molecule is O=C1COC[C@@H]1c1ccccc1F. The van der Waals surface area contributed by atoms with Gasteiger partial charge in [-0.3, -0.25) is 4.79 Å². The van der Waals surface area contributed by atoms with Gasteiger partial charge in [-0.2, -0.15) is 0 Å². The Hall–Kier alpha value is -1.22. The van der Waals surface area contributed by atoms with E-state index >= 15 is 0 Å². The highest BCUT2D eigenvalue weighted by Gasteiger charge is 2.28. The van der Waals surface area contributed by atoms with Crippen molar-refractivity contribution in [1.29, 1.82) is 0 Å². The summed E-state index contributed by atoms with van der Waals surface area (Å²) >= 11 is 0. The molecule has 0 saturated carbocycles. The Morgan fingerprint density at radius 2 is 2.15 bits per heavy atom. The molecule has 1 aromatic carbocycles. The van der Waals surface area contributed by atoms with Gasteiger partial charge in [-0.05, 0) is 6.07 Å². The van der Waals surface area contributed by atoms with Crippen LogP contribution in [0.1, 0.15) is 11.5 Å². The van der Waals surface area contributed by atoms with Gasteiger partial charge >= 0.3 is 0 Å². The van der Waals surface area contributed by atoms with E-state index in [1.165, 1.54) is 6.07 Å². The zero-order chi connectivity index (χ0) is 9.26. The number of halogens is 1. The molecule has 13 heavy (non-hydrogen) atoms. The second-order valence-electron chi connectivity index (χ2n) is 3.06. The van der Waals surface area contributed by atoms with E-state index in [2.05, 4.69) is 0 Å². The van der Waals surface area contributed by atoms with E-state index in [4.69, 9.17) is 4.74 Å². The van der Waals surface area contributed by atoms with E-state index in [1.807, 2.05) is 0 Å². The summed E-state index contributed by atoms with van der Waals surface area (Å²) in [5.41, 5.74) is 0.449. The summed E-state index contributed by atoms with van der Waals surface area (Å²) in [7, 11) is 0. The molecule has 2 rings (SSSR count). The summed E-state index contributed by atoms with van der Waals surface area (Å²) in [5.74, 6) is -0.766. The van der Waals surface area contributed by atoms with Crippen LogP contribution in [0.3, 0.4) is 0 Å². The molecule has 0 aromatic heterocycles. The molecule has 0 aliphatic carbocycles. The highest BCUT2D eigenvalue weighted by molar-refractivity contribution is 5.88. The third-order valence-corrected chi connectivity index (χ3v) is 2.20. The smallest absolute Gasteiger partial charge is 0.168 e. The van der Waals surface area contributed by atoms with E-state index in [9.17, 15) is 9.18 Å². The molecule has 0 amide bonds. The van der Waals surface area contributed by atoms with Gasteiger partial charge in [0.1, 0.15) is 12.4 Å². The maximum absolute atomic E-state index is 13.2. The number of hydrogen-bond donors (Lipinski definition) is 0. The Morgan fingerprint density at radius 1 is 1.38 bits per heavy atom. The van der Waals surface area contributed by atoms with Crippen molar-refractivity contribution in [1.82, 2.24) is 0 Å². The Bertz CT molecular complexity index is 335. The largest absolute Gasteiger partial charge is 0.373 e. The van der Waals surface area contributed by atoms with Gasteiger partial charge in [0.25, 0.3) is 0 Å². The topological polar surface area (TPSA) is 26.3 Å². The fraction of sp³-hybridized carbons (Fsp3) is 0.300. The Balaban J connectivity index is 2.34. The molecule has 3 heteroatoms. The lowest BCUT2D eigenvalue weighted by Crippen LogP contribution is -2.10. The van der Waals surface area contributed by atoms with Gasteiger partial charge < -0.3 is 4.74 Å². The van der Waals surface area contributed by atoms with Crippen LogP contribution in [0, 0.1) is 5.82 Å². The molecule has 1 heterocycles. The van der Waals surface area contributed by atoms with E-state index in [0.717, 1.165) is 0 Å². The molecule has 68 valence electrons. The molecule has 1 aliphatic heterocycles. The van der Waals surface area contributed by atoms with Crippen molar-refractivity contribution < 1.29 is 13.9 Å². The summed E-state index contributed by atoms with van der Waals surface area (Å²) in [6, 6.07) is 6.33. The van der Waals surface area contributed by atoms with Gasteiger partial charge in [-0.1, -0.05) is 18.2 Å². The first-order valence-corrected chi connectivity index (χ1v) is 4.14. The quantitative estimate of drug-likeness (QED) is 0.654. The van der Waals surface area contributed by atoms with E-state index < -0.39 is 5.92 Å². The Labute approximate surface area is 75.3 Å². The minimum atomic E-state index is -0.402. The van der Waals surface area contributed by atoms with Crippen LogP contribution < -0.4 is 0 Å². The lowest BCUT2D eigenvalue weighted by atomic mass is 9.97. The van der Waals surface area contributed by atoms with Crippen LogP contribution in [0.2, 0.25) is 0 Å². The number of hydrogen-bond acceptors (Lipinski definition) is 2. The number of ketones is 1. The summed E-state index contributed by atoms with van der Waals surface area (Å²) < 4.78 is 18.2. The number of Topliss-reactive ketones (excluding diaryl/α,β-unsaturated/α-hetero) is 1. The number of benzene rings is 1. The average Bonchev–Trinajstić information content (AvgIpc) is 2.52. The minimum Gasteiger partial charge on any atom is -0.373 e. The van der Waals surface area contributed by atoms with E-state index in [-0.39, 0.29) is 18.2 Å². The fourth-order valence-electron chi connectivity index (χ4n) is 1.49. The van der Waals surface area contributed by atoms with Crippen molar-refractivity contribution in [2.75, 3.05) is 13.2 Å². The molecule has 1 atom stereocenters. The molecule has 0 unspecified atom stereocenters. The first kappa shape index (κ1) is 8.38. The summed E-state index contributed by atoms with van der Waals surface area (Å²) in [6.45, 7) is 0.415. The monoisotopic (exact) mass is 180 g/mol. The van der Waals surface area contributed by atoms with Crippen molar-refractivity contribution in [2.45, 2.75) is 5.92 Å². The third-order valence-electron chi connectivity index (χ3n) is 2.20. The van der Waals surface area contributed by atoms with Gasteiger partial charge in [0.2, 0.25) is 0 Å². The van der Waals surface area contributed by atoms with Crippen LogP contribution in [0.5, 0.6) is 0 Å². The minimum absolute atomic E-state index is 0.0369. The summed E-state index contributed by atoms with van der Waals surface area (Å²) in [4.78, 5) is 11.2. The average molecular weight is 180 g/mol. The predicted molar refractivity (Wildman–Crippen MR) is 45.0 cm³/mol.